The van der Waals surface area contributed by atoms with Gasteiger partial charge in [0, 0.05) is 32.7 Å². The topological polar surface area (TPSA) is 16.4 Å². The number of fused-ring (bicyclic) bond motifs is 13. The Balaban J connectivity index is 1.11. The highest BCUT2D eigenvalue weighted by Crippen LogP contribution is 2.60. The van der Waals surface area contributed by atoms with Gasteiger partial charge in [0.1, 0.15) is 5.58 Å². The molecule has 0 radical (unpaired) electrons. The van der Waals surface area contributed by atoms with Crippen LogP contribution in [-0.4, -0.2) is 0 Å². The lowest BCUT2D eigenvalue weighted by molar-refractivity contribution is 0.443. The van der Waals surface area contributed by atoms with Gasteiger partial charge in [-0.25, -0.2) is 0 Å². The van der Waals surface area contributed by atoms with Gasteiger partial charge >= 0.3 is 0 Å². The first-order chi connectivity index (χ1) is 28.3. The maximum atomic E-state index is 6.80. The van der Waals surface area contributed by atoms with E-state index in [-0.39, 0.29) is 10.8 Å². The zero-order chi connectivity index (χ0) is 38.9. The standard InChI is InChI=1S/C56H47NO/c1-55(2)45-30-27-36-17-8-9-18-38(36)52(45)43-31-47-44(32-46(43)55)53-41-21-11-10-19-39(41)50(33-48(53)56(47,3)4)57(37-28-25-35(26-29-37)34-15-6-5-7-16-34)49-23-14-22-42-40-20-12-13-24-51(40)58-54(42)49/h8-14,17-34H,5-7,15-16H2,1-4H3. The molecule has 8 aromatic carbocycles. The fourth-order valence-corrected chi connectivity index (χ4v) is 11.4. The van der Waals surface area contributed by atoms with Crippen LogP contribution in [0.5, 0.6) is 0 Å². The number of para-hydroxylation sites is 2. The SMILES string of the molecule is CC1(C)c2cc3c(cc2-c2c1ccc1ccccc21)C(C)(C)c1cc(N(c2ccc(C4CCCCC4)cc2)c2cccc4c2oc2ccccc24)c2ccccc2c1-3. The van der Waals surface area contributed by atoms with Gasteiger partial charge in [-0.3, -0.25) is 0 Å². The van der Waals surface area contributed by atoms with Crippen molar-refractivity contribution in [2.75, 3.05) is 4.90 Å². The zero-order valence-electron chi connectivity index (χ0n) is 33.8. The van der Waals surface area contributed by atoms with Crippen molar-refractivity contribution in [3.8, 4) is 22.3 Å². The summed E-state index contributed by atoms with van der Waals surface area (Å²) >= 11 is 0. The molecule has 0 spiro atoms. The Labute approximate surface area is 340 Å². The molecule has 2 heteroatoms. The van der Waals surface area contributed by atoms with E-state index in [1.165, 1.54) is 109 Å². The van der Waals surface area contributed by atoms with Gasteiger partial charge in [0.05, 0.1) is 11.4 Å². The van der Waals surface area contributed by atoms with E-state index in [1.807, 2.05) is 0 Å². The highest BCUT2D eigenvalue weighted by atomic mass is 16.3. The molecule has 282 valence electrons. The van der Waals surface area contributed by atoms with Crippen LogP contribution in [0, 0.1) is 0 Å². The van der Waals surface area contributed by atoms with Crippen LogP contribution in [-0.2, 0) is 10.8 Å². The van der Waals surface area contributed by atoms with Crippen molar-refractivity contribution >= 4 is 60.5 Å². The third kappa shape index (κ3) is 4.66. The maximum absolute atomic E-state index is 6.80. The van der Waals surface area contributed by atoms with Gasteiger partial charge in [-0.05, 0) is 127 Å². The average molecular weight is 750 g/mol. The van der Waals surface area contributed by atoms with E-state index in [0.29, 0.717) is 5.92 Å². The molecule has 0 saturated heterocycles. The van der Waals surface area contributed by atoms with Crippen LogP contribution in [0.3, 0.4) is 0 Å². The van der Waals surface area contributed by atoms with Gasteiger partial charge in [0.2, 0.25) is 0 Å². The molecule has 1 fully saturated rings. The van der Waals surface area contributed by atoms with Crippen LogP contribution in [0.25, 0.3) is 65.7 Å². The summed E-state index contributed by atoms with van der Waals surface area (Å²) in [4.78, 5) is 2.49. The predicted octanol–water partition coefficient (Wildman–Crippen LogP) is 16.0. The molecule has 9 aromatic rings. The third-order valence-electron chi connectivity index (χ3n) is 14.4. The Hall–Kier alpha value is -6.12. The number of hydrogen-bond donors (Lipinski definition) is 0. The summed E-state index contributed by atoms with van der Waals surface area (Å²) in [7, 11) is 0. The van der Waals surface area contributed by atoms with Crippen LogP contribution in [0.15, 0.2) is 150 Å². The molecular weight excluding hydrogens is 703 g/mol. The summed E-state index contributed by atoms with van der Waals surface area (Å²) in [6, 6.07) is 55.0. The minimum atomic E-state index is -0.238. The molecule has 58 heavy (non-hydrogen) atoms. The van der Waals surface area contributed by atoms with Crippen molar-refractivity contribution in [2.24, 2.45) is 0 Å². The maximum Gasteiger partial charge on any atom is 0.159 e. The van der Waals surface area contributed by atoms with Crippen molar-refractivity contribution < 1.29 is 4.42 Å². The van der Waals surface area contributed by atoms with E-state index >= 15 is 0 Å². The number of anilines is 3. The van der Waals surface area contributed by atoms with E-state index in [4.69, 9.17) is 4.42 Å². The Kier molecular flexibility index (Phi) is 7.14. The first-order valence-corrected chi connectivity index (χ1v) is 21.4. The van der Waals surface area contributed by atoms with Crippen LogP contribution in [0.2, 0.25) is 0 Å². The molecule has 12 rings (SSSR count). The van der Waals surface area contributed by atoms with Gasteiger partial charge in [0.15, 0.2) is 5.58 Å². The Bertz CT molecular complexity index is 3150. The predicted molar refractivity (Wildman–Crippen MR) is 244 cm³/mol. The molecule has 0 atom stereocenters. The highest BCUT2D eigenvalue weighted by molar-refractivity contribution is 6.14. The second kappa shape index (κ2) is 12.2. The summed E-state index contributed by atoms with van der Waals surface area (Å²) in [6.45, 7) is 9.71. The molecule has 0 unspecified atom stereocenters. The molecule has 1 heterocycles. The Morgan fingerprint density at radius 2 is 1.10 bits per heavy atom. The lowest BCUT2D eigenvalue weighted by Crippen LogP contribution is -2.18. The van der Waals surface area contributed by atoms with Crippen LogP contribution < -0.4 is 4.90 Å². The molecule has 1 saturated carbocycles. The van der Waals surface area contributed by atoms with Gasteiger partial charge in [-0.2, -0.15) is 0 Å². The smallest absolute Gasteiger partial charge is 0.159 e. The summed E-state index contributed by atoms with van der Waals surface area (Å²) < 4.78 is 6.80. The molecule has 3 aliphatic rings. The van der Waals surface area contributed by atoms with Crippen molar-refractivity contribution in [3.05, 3.63) is 173 Å². The minimum absolute atomic E-state index is 0.113. The second-order valence-corrected chi connectivity index (χ2v) is 18.3. The fourth-order valence-electron chi connectivity index (χ4n) is 11.4. The van der Waals surface area contributed by atoms with Crippen molar-refractivity contribution in [1.29, 1.82) is 0 Å². The quantitative estimate of drug-likeness (QED) is 0.178. The van der Waals surface area contributed by atoms with Crippen LogP contribution >= 0.6 is 0 Å². The first-order valence-electron chi connectivity index (χ1n) is 21.4. The van der Waals surface area contributed by atoms with Crippen LogP contribution in [0.4, 0.5) is 17.1 Å². The summed E-state index contributed by atoms with van der Waals surface area (Å²) in [5.74, 6) is 0.645. The van der Waals surface area contributed by atoms with Gasteiger partial charge in [-0.1, -0.05) is 150 Å². The summed E-state index contributed by atoms with van der Waals surface area (Å²) in [5.41, 5.74) is 17.5. The van der Waals surface area contributed by atoms with Crippen molar-refractivity contribution in [2.45, 2.75) is 76.5 Å². The number of benzene rings is 8. The first kappa shape index (κ1) is 34.0. The molecular formula is C56H47NO. The van der Waals surface area contributed by atoms with E-state index < -0.39 is 0 Å². The Morgan fingerprint density at radius 3 is 1.86 bits per heavy atom. The molecule has 3 aliphatic carbocycles. The van der Waals surface area contributed by atoms with Gasteiger partial charge in [-0.15, -0.1) is 0 Å². The zero-order valence-corrected chi connectivity index (χ0v) is 33.8. The molecule has 0 bridgehead atoms. The number of nitrogens with zero attached hydrogens (tertiary/aromatic N) is 1. The van der Waals surface area contributed by atoms with Crippen molar-refractivity contribution in [3.63, 3.8) is 0 Å². The number of rotatable bonds is 4. The fraction of sp³-hybridized carbons (Fsp3) is 0.214. The van der Waals surface area contributed by atoms with E-state index in [1.54, 1.807) is 0 Å². The second-order valence-electron chi connectivity index (χ2n) is 18.3. The van der Waals surface area contributed by atoms with E-state index in [9.17, 15) is 0 Å². The lowest BCUT2D eigenvalue weighted by Gasteiger charge is -2.30. The summed E-state index contributed by atoms with van der Waals surface area (Å²) in [6.07, 6.45) is 6.59. The molecule has 2 nitrogen and oxygen atoms in total. The number of hydrogen-bond acceptors (Lipinski definition) is 2. The summed E-state index contributed by atoms with van der Waals surface area (Å²) in [5, 5.41) is 7.46. The average Bonchev–Trinajstić information content (AvgIpc) is 3.83. The van der Waals surface area contributed by atoms with E-state index in [0.717, 1.165) is 33.3 Å². The molecule has 0 aliphatic heterocycles. The normalized spacial score (nSPS) is 16.5. The largest absolute Gasteiger partial charge is 0.454 e. The molecule has 0 amide bonds. The van der Waals surface area contributed by atoms with E-state index in [2.05, 4.69) is 178 Å². The van der Waals surface area contributed by atoms with Gasteiger partial charge in [0.25, 0.3) is 0 Å². The minimum Gasteiger partial charge on any atom is -0.454 e. The van der Waals surface area contributed by atoms with Gasteiger partial charge < -0.3 is 9.32 Å². The monoisotopic (exact) mass is 749 g/mol. The molecule has 1 aromatic heterocycles. The van der Waals surface area contributed by atoms with Crippen molar-refractivity contribution in [1.82, 2.24) is 0 Å². The highest BCUT2D eigenvalue weighted by Gasteiger charge is 2.43. The molecule has 0 N–H and O–H groups in total. The van der Waals surface area contributed by atoms with Crippen LogP contribution in [0.1, 0.15) is 93.5 Å². The Morgan fingerprint density at radius 1 is 0.483 bits per heavy atom. The lowest BCUT2D eigenvalue weighted by atomic mass is 9.79. The third-order valence-corrected chi connectivity index (χ3v) is 14.4. The number of furan rings is 1.